The molecule has 4 heteroatoms. The molecule has 0 amide bonds. The maximum atomic E-state index is 5.06. The highest BCUT2D eigenvalue weighted by atomic mass is 32.1. The van der Waals surface area contributed by atoms with Crippen LogP contribution in [0.15, 0.2) is 31.0 Å². The lowest BCUT2D eigenvalue weighted by Crippen LogP contribution is -2.28. The molecular weight excluding hydrogens is 194 g/mol. The molecule has 0 atom stereocenters. The van der Waals surface area contributed by atoms with Gasteiger partial charge in [-0.15, -0.1) is 6.58 Å². The average Bonchev–Trinajstić information content (AvgIpc) is 2.18. The molecule has 1 rings (SSSR count). The molecule has 0 aliphatic rings. The monoisotopic (exact) mass is 207 g/mol. The third kappa shape index (κ3) is 3.14. The van der Waals surface area contributed by atoms with Crippen molar-refractivity contribution in [3.8, 4) is 0 Å². The molecule has 1 heterocycles. The van der Waals surface area contributed by atoms with E-state index in [1.54, 1.807) is 12.3 Å². The predicted octanol–water partition coefficient (Wildman–Crippen LogP) is 1.86. The number of anilines is 1. The molecule has 0 fully saturated rings. The first-order chi connectivity index (χ1) is 6.74. The van der Waals surface area contributed by atoms with E-state index < -0.39 is 0 Å². The van der Waals surface area contributed by atoms with Crippen LogP contribution >= 0.6 is 12.2 Å². The Bertz CT molecular complexity index is 336. The molecule has 1 aromatic heterocycles. The van der Waals surface area contributed by atoms with Gasteiger partial charge in [-0.05, 0) is 31.3 Å². The van der Waals surface area contributed by atoms with Gasteiger partial charge in [-0.1, -0.05) is 6.08 Å². The average molecular weight is 207 g/mol. The van der Waals surface area contributed by atoms with Crippen molar-refractivity contribution in [1.82, 2.24) is 10.3 Å². The van der Waals surface area contributed by atoms with Crippen LogP contribution in [0.3, 0.4) is 0 Å². The zero-order valence-electron chi connectivity index (χ0n) is 8.08. The Morgan fingerprint density at radius 3 is 3.14 bits per heavy atom. The van der Waals surface area contributed by atoms with E-state index in [-0.39, 0.29) is 0 Å². The molecule has 0 saturated heterocycles. The standard InChI is InChI=1S/C10H13N3S/c1-3-6-12-10(14)13-9-5-4-7-11-8(9)2/h3-5,7H,1,6H2,2H3,(H2,12,13,14). The third-order valence-corrected chi connectivity index (χ3v) is 1.91. The second-order valence-electron chi connectivity index (χ2n) is 2.76. The SMILES string of the molecule is C=CCNC(=S)Nc1cccnc1C. The van der Waals surface area contributed by atoms with Gasteiger partial charge in [-0.2, -0.15) is 0 Å². The van der Waals surface area contributed by atoms with Crippen molar-refractivity contribution in [1.29, 1.82) is 0 Å². The Morgan fingerprint density at radius 1 is 1.71 bits per heavy atom. The van der Waals surface area contributed by atoms with E-state index in [0.717, 1.165) is 11.4 Å². The minimum atomic E-state index is 0.584. The van der Waals surface area contributed by atoms with Gasteiger partial charge < -0.3 is 10.6 Å². The number of aryl methyl sites for hydroxylation is 1. The first-order valence-corrected chi connectivity index (χ1v) is 4.72. The Kier molecular flexibility index (Phi) is 4.07. The number of rotatable bonds is 3. The number of nitrogens with zero attached hydrogens (tertiary/aromatic N) is 1. The van der Waals surface area contributed by atoms with Gasteiger partial charge in [0.2, 0.25) is 0 Å². The summed E-state index contributed by atoms with van der Waals surface area (Å²) in [4.78, 5) is 4.14. The fraction of sp³-hybridized carbons (Fsp3) is 0.200. The summed E-state index contributed by atoms with van der Waals surface area (Å²) in [5.74, 6) is 0. The maximum absolute atomic E-state index is 5.06. The second-order valence-corrected chi connectivity index (χ2v) is 3.17. The van der Waals surface area contributed by atoms with Crippen LogP contribution in [0.2, 0.25) is 0 Å². The van der Waals surface area contributed by atoms with Crippen LogP contribution in [-0.4, -0.2) is 16.6 Å². The minimum Gasteiger partial charge on any atom is -0.359 e. The predicted molar refractivity (Wildman–Crippen MR) is 63.4 cm³/mol. The zero-order valence-corrected chi connectivity index (χ0v) is 8.90. The van der Waals surface area contributed by atoms with Crippen LogP contribution in [0.5, 0.6) is 0 Å². The quantitative estimate of drug-likeness (QED) is 0.586. The summed E-state index contributed by atoms with van der Waals surface area (Å²) in [6.07, 6.45) is 3.50. The van der Waals surface area contributed by atoms with Crippen molar-refractivity contribution in [2.45, 2.75) is 6.92 Å². The van der Waals surface area contributed by atoms with Crippen LogP contribution in [0.4, 0.5) is 5.69 Å². The molecule has 2 N–H and O–H groups in total. The molecule has 0 aromatic carbocycles. The zero-order chi connectivity index (χ0) is 10.4. The van der Waals surface area contributed by atoms with Crippen LogP contribution < -0.4 is 10.6 Å². The van der Waals surface area contributed by atoms with Crippen molar-refractivity contribution in [3.05, 3.63) is 36.7 Å². The number of hydrogen-bond acceptors (Lipinski definition) is 2. The molecule has 0 aliphatic heterocycles. The van der Waals surface area contributed by atoms with E-state index in [1.807, 2.05) is 19.1 Å². The first-order valence-electron chi connectivity index (χ1n) is 4.31. The normalized spacial score (nSPS) is 9.21. The van der Waals surface area contributed by atoms with Crippen LogP contribution in [0.25, 0.3) is 0 Å². The lowest BCUT2D eigenvalue weighted by molar-refractivity contribution is 1.06. The number of thiocarbonyl (C=S) groups is 1. The van der Waals surface area contributed by atoms with E-state index >= 15 is 0 Å². The molecule has 0 aliphatic carbocycles. The van der Waals surface area contributed by atoms with E-state index in [4.69, 9.17) is 12.2 Å². The number of aromatic nitrogens is 1. The number of nitrogens with one attached hydrogen (secondary N) is 2. The van der Waals surface area contributed by atoms with Gasteiger partial charge in [0.25, 0.3) is 0 Å². The number of hydrogen-bond donors (Lipinski definition) is 2. The minimum absolute atomic E-state index is 0.584. The fourth-order valence-electron chi connectivity index (χ4n) is 0.948. The lowest BCUT2D eigenvalue weighted by Gasteiger charge is -2.09. The van der Waals surface area contributed by atoms with Crippen LogP contribution in [-0.2, 0) is 0 Å². The molecule has 0 radical (unpaired) electrons. The van der Waals surface area contributed by atoms with Crippen molar-refractivity contribution >= 4 is 23.0 Å². The van der Waals surface area contributed by atoms with Gasteiger partial charge in [-0.3, -0.25) is 4.98 Å². The summed E-state index contributed by atoms with van der Waals surface area (Å²) in [6.45, 7) is 6.18. The van der Waals surface area contributed by atoms with E-state index in [2.05, 4.69) is 22.2 Å². The Labute approximate surface area is 89.2 Å². The molecule has 74 valence electrons. The third-order valence-electron chi connectivity index (χ3n) is 1.66. The molecule has 0 spiro atoms. The lowest BCUT2D eigenvalue weighted by atomic mass is 10.3. The topological polar surface area (TPSA) is 37.0 Å². The van der Waals surface area contributed by atoms with Gasteiger partial charge in [0.15, 0.2) is 5.11 Å². The van der Waals surface area contributed by atoms with Crippen LogP contribution in [0.1, 0.15) is 5.69 Å². The van der Waals surface area contributed by atoms with Crippen molar-refractivity contribution in [2.75, 3.05) is 11.9 Å². The molecule has 0 unspecified atom stereocenters. The first kappa shape index (κ1) is 10.7. The molecule has 1 aromatic rings. The van der Waals surface area contributed by atoms with Crippen molar-refractivity contribution < 1.29 is 0 Å². The second kappa shape index (κ2) is 5.34. The molecule has 3 nitrogen and oxygen atoms in total. The smallest absolute Gasteiger partial charge is 0.171 e. The summed E-state index contributed by atoms with van der Waals surface area (Å²) < 4.78 is 0. The van der Waals surface area contributed by atoms with Crippen molar-refractivity contribution in [3.63, 3.8) is 0 Å². The van der Waals surface area contributed by atoms with E-state index in [9.17, 15) is 0 Å². The molecular formula is C10H13N3S. The van der Waals surface area contributed by atoms with Crippen molar-refractivity contribution in [2.24, 2.45) is 0 Å². The summed E-state index contributed by atoms with van der Waals surface area (Å²) in [5.41, 5.74) is 1.85. The van der Waals surface area contributed by atoms with Gasteiger partial charge in [0.05, 0.1) is 11.4 Å². The summed E-state index contributed by atoms with van der Waals surface area (Å²) in [6, 6.07) is 3.80. The maximum Gasteiger partial charge on any atom is 0.171 e. The highest BCUT2D eigenvalue weighted by molar-refractivity contribution is 7.80. The fourth-order valence-corrected chi connectivity index (χ4v) is 1.14. The van der Waals surface area contributed by atoms with Crippen LogP contribution in [0, 0.1) is 6.92 Å². The molecule has 14 heavy (non-hydrogen) atoms. The van der Waals surface area contributed by atoms with E-state index in [1.165, 1.54) is 0 Å². The summed E-state index contributed by atoms with van der Waals surface area (Å²) >= 11 is 5.06. The highest BCUT2D eigenvalue weighted by Crippen LogP contribution is 2.09. The van der Waals surface area contributed by atoms with E-state index in [0.29, 0.717) is 11.7 Å². The van der Waals surface area contributed by atoms with Gasteiger partial charge in [-0.25, -0.2) is 0 Å². The van der Waals surface area contributed by atoms with Gasteiger partial charge in [0, 0.05) is 12.7 Å². The van der Waals surface area contributed by atoms with Gasteiger partial charge >= 0.3 is 0 Å². The molecule has 0 bridgehead atoms. The Hall–Kier alpha value is -1.42. The summed E-state index contributed by atoms with van der Waals surface area (Å²) in [5, 5.41) is 6.62. The molecule has 0 saturated carbocycles. The summed E-state index contributed by atoms with van der Waals surface area (Å²) in [7, 11) is 0. The Morgan fingerprint density at radius 2 is 2.50 bits per heavy atom. The highest BCUT2D eigenvalue weighted by Gasteiger charge is 1.99. The number of pyridine rings is 1. The largest absolute Gasteiger partial charge is 0.359 e. The van der Waals surface area contributed by atoms with Gasteiger partial charge in [0.1, 0.15) is 0 Å². The Balaban J connectivity index is 2.56.